The zero-order valence-electron chi connectivity index (χ0n) is 13.4. The Morgan fingerprint density at radius 2 is 2.04 bits per heavy atom. The van der Waals surface area contributed by atoms with Crippen molar-refractivity contribution in [2.75, 3.05) is 13.1 Å². The van der Waals surface area contributed by atoms with Crippen molar-refractivity contribution >= 4 is 5.91 Å². The fraction of sp³-hybridized carbons (Fsp3) is 0.471. The van der Waals surface area contributed by atoms with E-state index in [1.807, 2.05) is 13.1 Å². The van der Waals surface area contributed by atoms with Crippen LogP contribution in [0.15, 0.2) is 18.6 Å². The molecule has 0 N–H and O–H groups in total. The lowest BCUT2D eigenvalue weighted by Crippen LogP contribution is -2.61. The first-order valence-electron chi connectivity index (χ1n) is 8.23. The van der Waals surface area contributed by atoms with Crippen molar-refractivity contribution in [1.29, 1.82) is 0 Å². The summed E-state index contributed by atoms with van der Waals surface area (Å²) < 4.78 is 6.00. The molecule has 0 aromatic carbocycles. The van der Waals surface area contributed by atoms with Gasteiger partial charge in [-0.3, -0.25) is 9.78 Å². The molecule has 0 bridgehead atoms. The summed E-state index contributed by atoms with van der Waals surface area (Å²) >= 11 is 0. The summed E-state index contributed by atoms with van der Waals surface area (Å²) in [6, 6.07) is 0. The molecule has 1 spiro atoms. The number of rotatable bonds is 2. The molecule has 24 heavy (non-hydrogen) atoms. The first-order valence-corrected chi connectivity index (χ1v) is 8.23. The third-order valence-corrected chi connectivity index (χ3v) is 4.98. The minimum atomic E-state index is -0.439. The van der Waals surface area contributed by atoms with E-state index < -0.39 is 5.60 Å². The molecule has 1 saturated carbocycles. The van der Waals surface area contributed by atoms with Gasteiger partial charge < -0.3 is 9.64 Å². The average Bonchev–Trinajstić information content (AvgIpc) is 3.34. The number of aromatic nitrogens is 4. The van der Waals surface area contributed by atoms with Gasteiger partial charge in [-0.2, -0.15) is 0 Å². The van der Waals surface area contributed by atoms with E-state index in [1.165, 1.54) is 19.0 Å². The van der Waals surface area contributed by atoms with Crippen molar-refractivity contribution in [3.63, 3.8) is 0 Å². The van der Waals surface area contributed by atoms with Crippen molar-refractivity contribution in [1.82, 2.24) is 24.8 Å². The van der Waals surface area contributed by atoms with E-state index in [0.717, 1.165) is 22.8 Å². The third kappa shape index (κ3) is 2.04. The lowest BCUT2D eigenvalue weighted by Gasteiger charge is -2.46. The molecule has 122 valence electrons. The molecule has 0 radical (unpaired) electrons. The van der Waals surface area contributed by atoms with Gasteiger partial charge in [0.25, 0.3) is 5.91 Å². The van der Waals surface area contributed by atoms with Crippen molar-refractivity contribution in [3.05, 3.63) is 47.1 Å². The molecule has 2 aliphatic heterocycles. The molecular formula is C17H17N5O2. The van der Waals surface area contributed by atoms with E-state index in [9.17, 15) is 4.79 Å². The quantitative estimate of drug-likeness (QED) is 0.829. The SMILES string of the molecule is Cc1cnc(C(=O)N2CC3(C2)OCc2nc(C4CC4)ncc23)cn1. The molecule has 4 heterocycles. The fourth-order valence-corrected chi connectivity index (χ4v) is 3.39. The second kappa shape index (κ2) is 4.80. The molecule has 5 rings (SSSR count). The van der Waals surface area contributed by atoms with Crippen LogP contribution < -0.4 is 0 Å². The number of hydrogen-bond donors (Lipinski definition) is 0. The Bertz CT molecular complexity index is 825. The topological polar surface area (TPSA) is 81.1 Å². The van der Waals surface area contributed by atoms with Crippen LogP contribution in [-0.2, 0) is 16.9 Å². The molecule has 2 aromatic rings. The van der Waals surface area contributed by atoms with Crippen LogP contribution in [0.5, 0.6) is 0 Å². The van der Waals surface area contributed by atoms with Crippen molar-refractivity contribution in [2.24, 2.45) is 0 Å². The molecule has 0 atom stereocenters. The summed E-state index contributed by atoms with van der Waals surface area (Å²) in [5.74, 6) is 1.36. The molecule has 7 nitrogen and oxygen atoms in total. The Hall–Kier alpha value is -2.41. The molecule has 1 amide bonds. The minimum Gasteiger partial charge on any atom is -0.360 e. The van der Waals surface area contributed by atoms with Gasteiger partial charge in [0.05, 0.1) is 37.3 Å². The number of aryl methyl sites for hydroxylation is 1. The van der Waals surface area contributed by atoms with Crippen LogP contribution in [0.2, 0.25) is 0 Å². The number of fused-ring (bicyclic) bond motifs is 2. The Morgan fingerprint density at radius 1 is 1.21 bits per heavy atom. The zero-order chi connectivity index (χ0) is 16.3. The van der Waals surface area contributed by atoms with Gasteiger partial charge in [-0.25, -0.2) is 15.0 Å². The molecule has 2 aromatic heterocycles. The van der Waals surface area contributed by atoms with Crippen LogP contribution in [0, 0.1) is 6.92 Å². The predicted octanol–water partition coefficient (Wildman–Crippen LogP) is 1.33. The normalized spacial score (nSPS) is 20.8. The van der Waals surface area contributed by atoms with Crippen LogP contribution in [0.25, 0.3) is 0 Å². The summed E-state index contributed by atoms with van der Waals surface area (Å²) in [5, 5.41) is 0. The highest BCUT2D eigenvalue weighted by Crippen LogP contribution is 2.44. The fourth-order valence-electron chi connectivity index (χ4n) is 3.39. The number of nitrogens with zero attached hydrogens (tertiary/aromatic N) is 5. The highest BCUT2D eigenvalue weighted by atomic mass is 16.5. The average molecular weight is 323 g/mol. The highest BCUT2D eigenvalue weighted by molar-refractivity contribution is 5.92. The molecule has 7 heteroatoms. The number of hydrogen-bond acceptors (Lipinski definition) is 6. The van der Waals surface area contributed by atoms with E-state index in [2.05, 4.69) is 19.9 Å². The van der Waals surface area contributed by atoms with Gasteiger partial charge in [-0.15, -0.1) is 0 Å². The maximum atomic E-state index is 12.5. The van der Waals surface area contributed by atoms with Crippen LogP contribution in [0.3, 0.4) is 0 Å². The number of amides is 1. The highest BCUT2D eigenvalue weighted by Gasteiger charge is 2.53. The van der Waals surface area contributed by atoms with Crippen molar-refractivity contribution < 1.29 is 9.53 Å². The Balaban J connectivity index is 1.34. The Kier molecular flexibility index (Phi) is 2.79. The first kappa shape index (κ1) is 14.0. The van der Waals surface area contributed by atoms with E-state index >= 15 is 0 Å². The number of carbonyl (C=O) groups is 1. The second-order valence-corrected chi connectivity index (χ2v) is 6.85. The van der Waals surface area contributed by atoms with E-state index in [1.54, 1.807) is 11.1 Å². The van der Waals surface area contributed by atoms with Crippen LogP contribution in [0.4, 0.5) is 0 Å². The lowest BCUT2D eigenvalue weighted by atomic mass is 9.87. The third-order valence-electron chi connectivity index (χ3n) is 4.98. The monoisotopic (exact) mass is 323 g/mol. The largest absolute Gasteiger partial charge is 0.360 e. The minimum absolute atomic E-state index is 0.110. The molecule has 2 fully saturated rings. The van der Waals surface area contributed by atoms with E-state index in [4.69, 9.17) is 4.74 Å². The number of carbonyl (C=O) groups excluding carboxylic acids is 1. The van der Waals surface area contributed by atoms with Crippen molar-refractivity contribution in [2.45, 2.75) is 37.9 Å². The summed E-state index contributed by atoms with van der Waals surface area (Å²) in [6.07, 6.45) is 7.40. The molecule has 1 saturated heterocycles. The molecule has 3 aliphatic rings. The standard InChI is InChI=1S/C17H17N5O2/c1-10-4-19-13(6-18-10)16(23)22-8-17(9-22)12-5-20-15(11-2-3-11)21-14(12)7-24-17/h4-6,11H,2-3,7-9H2,1H3. The van der Waals surface area contributed by atoms with E-state index in [0.29, 0.717) is 31.3 Å². The maximum Gasteiger partial charge on any atom is 0.274 e. The predicted molar refractivity (Wildman–Crippen MR) is 83.1 cm³/mol. The van der Waals surface area contributed by atoms with Gasteiger partial charge in [0.15, 0.2) is 0 Å². The van der Waals surface area contributed by atoms with Gasteiger partial charge in [0.2, 0.25) is 0 Å². The van der Waals surface area contributed by atoms with Crippen LogP contribution in [0.1, 0.15) is 52.0 Å². The lowest BCUT2D eigenvalue weighted by molar-refractivity contribution is -0.126. The molecular weight excluding hydrogens is 306 g/mol. The summed E-state index contributed by atoms with van der Waals surface area (Å²) in [4.78, 5) is 31.7. The Morgan fingerprint density at radius 3 is 2.75 bits per heavy atom. The van der Waals surface area contributed by atoms with Crippen LogP contribution >= 0.6 is 0 Å². The van der Waals surface area contributed by atoms with Gasteiger partial charge in [0, 0.05) is 23.9 Å². The summed E-state index contributed by atoms with van der Waals surface area (Å²) in [5.41, 5.74) is 2.74. The van der Waals surface area contributed by atoms with Gasteiger partial charge in [0.1, 0.15) is 17.1 Å². The molecule has 1 aliphatic carbocycles. The summed E-state index contributed by atoms with van der Waals surface area (Å²) in [7, 11) is 0. The summed E-state index contributed by atoms with van der Waals surface area (Å²) in [6.45, 7) is 3.38. The maximum absolute atomic E-state index is 12.5. The number of likely N-dealkylation sites (tertiary alicyclic amines) is 1. The first-order chi connectivity index (χ1) is 11.6. The van der Waals surface area contributed by atoms with Gasteiger partial charge in [-0.05, 0) is 19.8 Å². The zero-order valence-corrected chi connectivity index (χ0v) is 13.4. The van der Waals surface area contributed by atoms with Gasteiger partial charge in [-0.1, -0.05) is 0 Å². The molecule has 0 unspecified atom stereocenters. The smallest absolute Gasteiger partial charge is 0.274 e. The second-order valence-electron chi connectivity index (χ2n) is 6.85. The number of ether oxygens (including phenoxy) is 1. The Labute approximate surface area is 139 Å². The van der Waals surface area contributed by atoms with Crippen LogP contribution in [-0.4, -0.2) is 43.8 Å². The van der Waals surface area contributed by atoms with E-state index in [-0.39, 0.29) is 5.91 Å². The van der Waals surface area contributed by atoms with Gasteiger partial charge >= 0.3 is 0 Å². The van der Waals surface area contributed by atoms with Crippen molar-refractivity contribution in [3.8, 4) is 0 Å².